The number of rotatable bonds is 1. The molecule has 0 bridgehead atoms. The molecular weight excluding hydrogens is 162 g/mol. The second-order valence-corrected chi connectivity index (χ2v) is 3.12. The molecule has 0 fully saturated rings. The van der Waals surface area contributed by atoms with Crippen LogP contribution in [-0.4, -0.2) is 29.9 Å². The molecule has 4 heteroatoms. The maximum atomic E-state index is 11.0. The van der Waals surface area contributed by atoms with Crippen molar-refractivity contribution in [2.75, 3.05) is 13.3 Å². The topological polar surface area (TPSA) is 37.4 Å². The summed E-state index contributed by atoms with van der Waals surface area (Å²) in [5, 5.41) is 0.764. The Morgan fingerprint density at radius 1 is 1.36 bits per heavy atom. The minimum atomic E-state index is -0.424. The number of nitrogens with zero attached hydrogens (tertiary/aromatic N) is 1. The lowest BCUT2D eigenvalue weighted by Gasteiger charge is -2.09. The van der Waals surface area contributed by atoms with Gasteiger partial charge in [-0.15, -0.1) is 11.8 Å². The summed E-state index contributed by atoms with van der Waals surface area (Å²) in [4.78, 5) is 23.4. The van der Waals surface area contributed by atoms with Crippen LogP contribution in [0.1, 0.15) is 6.92 Å². The first-order chi connectivity index (χ1) is 5.09. The second kappa shape index (κ2) is 2.70. The zero-order valence-corrected chi connectivity index (χ0v) is 7.49. The largest absolute Gasteiger partial charge is 0.303 e. The maximum Gasteiger partial charge on any atom is 0.299 e. The van der Waals surface area contributed by atoms with Gasteiger partial charge in [0.25, 0.3) is 5.91 Å². The normalized spacial score (nSPS) is 18.6. The number of carbonyl (C=O) groups is 2. The third-order valence-corrected chi connectivity index (χ3v) is 2.63. The lowest BCUT2D eigenvalue weighted by molar-refractivity contribution is -0.138. The Kier molecular flexibility index (Phi) is 2.04. The smallest absolute Gasteiger partial charge is 0.299 e. The van der Waals surface area contributed by atoms with Gasteiger partial charge in [-0.25, -0.2) is 0 Å². The molecule has 60 valence electrons. The predicted molar refractivity (Wildman–Crippen MR) is 44.0 cm³/mol. The van der Waals surface area contributed by atoms with E-state index >= 15 is 0 Å². The first kappa shape index (κ1) is 8.33. The van der Waals surface area contributed by atoms with Gasteiger partial charge in [0.1, 0.15) is 0 Å². The van der Waals surface area contributed by atoms with Gasteiger partial charge in [0, 0.05) is 12.6 Å². The van der Waals surface area contributed by atoms with Crippen molar-refractivity contribution >= 4 is 23.5 Å². The van der Waals surface area contributed by atoms with E-state index in [4.69, 9.17) is 0 Å². The number of likely N-dealkylation sites (N-methyl/N-ethyl adjacent to an activating group) is 1. The minimum Gasteiger partial charge on any atom is -0.303 e. The Morgan fingerprint density at radius 2 is 1.91 bits per heavy atom. The zero-order chi connectivity index (χ0) is 8.59. The monoisotopic (exact) mass is 171 g/mol. The minimum absolute atomic E-state index is 0.378. The number of hydrogen-bond acceptors (Lipinski definition) is 3. The van der Waals surface area contributed by atoms with E-state index in [1.165, 1.54) is 16.7 Å². The quantitative estimate of drug-likeness (QED) is 0.543. The summed E-state index contributed by atoms with van der Waals surface area (Å²) in [5.74, 6) is -0.802. The molecule has 0 aromatic heterocycles. The van der Waals surface area contributed by atoms with Crippen molar-refractivity contribution < 1.29 is 9.59 Å². The average Bonchev–Trinajstić information content (AvgIpc) is 2.17. The van der Waals surface area contributed by atoms with Gasteiger partial charge >= 0.3 is 0 Å². The molecular formula is C7H9NO2S. The highest BCUT2D eigenvalue weighted by molar-refractivity contribution is 8.02. The van der Waals surface area contributed by atoms with Crippen molar-refractivity contribution in [3.8, 4) is 0 Å². The summed E-state index contributed by atoms with van der Waals surface area (Å²) in [6.07, 6.45) is 1.85. The van der Waals surface area contributed by atoms with Gasteiger partial charge in [-0.2, -0.15) is 0 Å². The van der Waals surface area contributed by atoms with Crippen LogP contribution in [0.25, 0.3) is 0 Å². The van der Waals surface area contributed by atoms with E-state index in [1.54, 1.807) is 14.0 Å². The van der Waals surface area contributed by atoms with Crippen molar-refractivity contribution in [3.05, 3.63) is 10.6 Å². The summed E-state index contributed by atoms with van der Waals surface area (Å²) < 4.78 is 0. The van der Waals surface area contributed by atoms with Crippen LogP contribution >= 0.6 is 11.8 Å². The lowest BCUT2D eigenvalue weighted by atomic mass is 10.2. The van der Waals surface area contributed by atoms with Crippen LogP contribution in [0.3, 0.4) is 0 Å². The van der Waals surface area contributed by atoms with Crippen LogP contribution < -0.4 is 0 Å². The molecule has 0 saturated heterocycles. The summed E-state index contributed by atoms with van der Waals surface area (Å²) in [5.41, 5.74) is 0.560. The van der Waals surface area contributed by atoms with Crippen LogP contribution in [0.4, 0.5) is 0 Å². The van der Waals surface area contributed by atoms with Gasteiger partial charge < -0.3 is 4.90 Å². The van der Waals surface area contributed by atoms with E-state index in [9.17, 15) is 9.59 Å². The van der Waals surface area contributed by atoms with Crippen molar-refractivity contribution in [2.45, 2.75) is 6.92 Å². The molecule has 1 heterocycles. The first-order valence-electron chi connectivity index (χ1n) is 3.17. The number of hydrogen-bond donors (Lipinski definition) is 0. The molecule has 0 N–H and O–H groups in total. The highest BCUT2D eigenvalue weighted by Gasteiger charge is 2.32. The van der Waals surface area contributed by atoms with Crippen LogP contribution in [0.15, 0.2) is 10.6 Å². The van der Waals surface area contributed by atoms with Gasteiger partial charge in [-0.05, 0) is 13.2 Å². The molecule has 0 aromatic carbocycles. The van der Waals surface area contributed by atoms with E-state index in [0.717, 1.165) is 5.03 Å². The molecule has 1 amide bonds. The fourth-order valence-corrected chi connectivity index (χ4v) is 1.80. The van der Waals surface area contributed by atoms with Crippen molar-refractivity contribution in [3.63, 3.8) is 0 Å². The van der Waals surface area contributed by atoms with Crippen LogP contribution in [-0.2, 0) is 9.59 Å². The fourth-order valence-electron chi connectivity index (χ4n) is 1.04. The van der Waals surface area contributed by atoms with Crippen molar-refractivity contribution in [1.29, 1.82) is 0 Å². The average molecular weight is 171 g/mol. The molecule has 0 aromatic rings. The number of amides is 1. The molecule has 0 atom stereocenters. The van der Waals surface area contributed by atoms with Crippen LogP contribution in [0.2, 0.25) is 0 Å². The van der Waals surface area contributed by atoms with Gasteiger partial charge in [-0.1, -0.05) is 0 Å². The first-order valence-corrected chi connectivity index (χ1v) is 4.39. The van der Waals surface area contributed by atoms with E-state index in [1.807, 2.05) is 6.26 Å². The number of ketones is 1. The Bertz CT molecular complexity index is 257. The van der Waals surface area contributed by atoms with E-state index < -0.39 is 5.91 Å². The van der Waals surface area contributed by atoms with E-state index in [-0.39, 0.29) is 5.78 Å². The molecule has 0 saturated carbocycles. The SMILES string of the molecule is CSC1=C(C)C(=O)C(=O)N1C. The molecule has 3 nitrogen and oxygen atoms in total. The predicted octanol–water partition coefficient (Wildman–Crippen LogP) is 0.622. The van der Waals surface area contributed by atoms with Gasteiger partial charge in [0.05, 0.1) is 5.03 Å². The molecule has 0 spiro atoms. The third-order valence-electron chi connectivity index (χ3n) is 1.66. The molecule has 1 rings (SSSR count). The van der Waals surface area contributed by atoms with Gasteiger partial charge in [-0.3, -0.25) is 9.59 Å². The molecule has 0 unspecified atom stereocenters. The standard InChI is InChI=1S/C7H9NO2S/c1-4-5(9)6(10)8(2)7(4)11-3/h1-3H3. The summed E-state index contributed by atoms with van der Waals surface area (Å²) in [6, 6.07) is 0. The maximum absolute atomic E-state index is 11.0. The Balaban J connectivity index is 3.08. The molecule has 0 radical (unpaired) electrons. The summed E-state index contributed by atoms with van der Waals surface area (Å²) in [7, 11) is 1.61. The second-order valence-electron chi connectivity index (χ2n) is 2.33. The van der Waals surface area contributed by atoms with Gasteiger partial charge in [0.15, 0.2) is 0 Å². The molecule has 0 aliphatic carbocycles. The number of carbonyl (C=O) groups excluding carboxylic acids is 2. The molecule has 1 aliphatic rings. The van der Waals surface area contributed by atoms with Crippen LogP contribution in [0, 0.1) is 0 Å². The molecule has 1 aliphatic heterocycles. The summed E-state index contributed by atoms with van der Waals surface area (Å²) in [6.45, 7) is 1.68. The summed E-state index contributed by atoms with van der Waals surface area (Å²) >= 11 is 1.42. The number of thioether (sulfide) groups is 1. The fraction of sp³-hybridized carbons (Fsp3) is 0.429. The Labute approximate surface area is 69.4 Å². The zero-order valence-electron chi connectivity index (χ0n) is 6.67. The van der Waals surface area contributed by atoms with E-state index in [2.05, 4.69) is 0 Å². The van der Waals surface area contributed by atoms with Gasteiger partial charge in [0.2, 0.25) is 5.78 Å². The van der Waals surface area contributed by atoms with Crippen LogP contribution in [0.5, 0.6) is 0 Å². The Hall–Kier alpha value is -0.770. The van der Waals surface area contributed by atoms with Crippen molar-refractivity contribution in [2.24, 2.45) is 0 Å². The lowest BCUT2D eigenvalue weighted by Crippen LogP contribution is -2.23. The number of Topliss-reactive ketones (excluding diaryl/α,β-unsaturated/α-hetero) is 1. The highest BCUT2D eigenvalue weighted by Crippen LogP contribution is 2.26. The Morgan fingerprint density at radius 3 is 2.09 bits per heavy atom. The van der Waals surface area contributed by atoms with E-state index in [0.29, 0.717) is 5.57 Å². The molecule has 11 heavy (non-hydrogen) atoms. The third kappa shape index (κ3) is 1.07. The van der Waals surface area contributed by atoms with Crippen molar-refractivity contribution in [1.82, 2.24) is 4.90 Å². The highest BCUT2D eigenvalue weighted by atomic mass is 32.2.